The Morgan fingerprint density at radius 2 is 1.33 bits per heavy atom. The molecule has 0 aliphatic carbocycles. The van der Waals surface area contributed by atoms with E-state index >= 15 is 0 Å². The van der Waals surface area contributed by atoms with Crippen molar-refractivity contribution in [3.63, 3.8) is 0 Å². The number of esters is 4. The molecular formula is C16H21NO9S. The first kappa shape index (κ1) is 22.7. The standard InChI is InChI=1S/C16H21NO9S/c1-8(18)22-6-13-15(24-10(3)20)16(25-11(4)21)14(23-9(2)19)12(26-13)5-17-7-27/h12-16H,5-6H2,1-4H3/t12-,13-,14+,15-,16-/m1/s1. The molecule has 10 nitrogen and oxygen atoms in total. The van der Waals surface area contributed by atoms with Gasteiger partial charge in [0, 0.05) is 27.7 Å². The summed E-state index contributed by atoms with van der Waals surface area (Å²) in [6, 6.07) is 0. The van der Waals surface area contributed by atoms with Gasteiger partial charge in [0.1, 0.15) is 18.8 Å². The van der Waals surface area contributed by atoms with Crippen LogP contribution in [0.25, 0.3) is 0 Å². The fraction of sp³-hybridized carbons (Fsp3) is 0.688. The molecule has 1 aliphatic heterocycles. The van der Waals surface area contributed by atoms with E-state index in [-0.39, 0.29) is 13.2 Å². The van der Waals surface area contributed by atoms with Crippen molar-refractivity contribution < 1.29 is 42.9 Å². The summed E-state index contributed by atoms with van der Waals surface area (Å²) in [7, 11) is 0. The lowest BCUT2D eigenvalue weighted by atomic mass is 9.94. The van der Waals surface area contributed by atoms with Crippen LogP contribution in [0.2, 0.25) is 0 Å². The summed E-state index contributed by atoms with van der Waals surface area (Å²) >= 11 is 4.54. The van der Waals surface area contributed by atoms with Crippen LogP contribution in [0.3, 0.4) is 0 Å². The molecule has 1 aliphatic rings. The maximum absolute atomic E-state index is 11.6. The van der Waals surface area contributed by atoms with Crippen LogP contribution >= 0.6 is 12.2 Å². The number of aliphatic imine (C=N–C) groups is 1. The van der Waals surface area contributed by atoms with Crippen molar-refractivity contribution >= 4 is 41.3 Å². The Kier molecular flexibility index (Phi) is 8.99. The van der Waals surface area contributed by atoms with Crippen LogP contribution in [0.1, 0.15) is 27.7 Å². The lowest BCUT2D eigenvalue weighted by Crippen LogP contribution is -2.63. The molecule has 11 heteroatoms. The van der Waals surface area contributed by atoms with Gasteiger partial charge in [-0.05, 0) is 12.2 Å². The van der Waals surface area contributed by atoms with Gasteiger partial charge in [0.15, 0.2) is 18.3 Å². The summed E-state index contributed by atoms with van der Waals surface area (Å²) < 4.78 is 26.4. The average Bonchev–Trinajstić information content (AvgIpc) is 2.54. The van der Waals surface area contributed by atoms with Crippen molar-refractivity contribution in [2.75, 3.05) is 13.2 Å². The Balaban J connectivity index is 3.28. The molecule has 0 N–H and O–H groups in total. The first-order valence-electron chi connectivity index (χ1n) is 7.99. The summed E-state index contributed by atoms with van der Waals surface area (Å²) in [6.45, 7) is 4.31. The number of hydrogen-bond acceptors (Lipinski definition) is 11. The van der Waals surface area contributed by atoms with Gasteiger partial charge in [0.25, 0.3) is 0 Å². The maximum atomic E-state index is 11.6. The van der Waals surface area contributed by atoms with Gasteiger partial charge in [-0.15, -0.1) is 0 Å². The highest BCUT2D eigenvalue weighted by Gasteiger charge is 2.51. The van der Waals surface area contributed by atoms with Gasteiger partial charge >= 0.3 is 23.9 Å². The van der Waals surface area contributed by atoms with E-state index in [0.29, 0.717) is 0 Å². The quantitative estimate of drug-likeness (QED) is 0.252. The molecule has 1 rings (SSSR count). The molecule has 150 valence electrons. The molecule has 1 fully saturated rings. The number of carbonyl (C=O) groups is 4. The summed E-state index contributed by atoms with van der Waals surface area (Å²) in [5.41, 5.74) is 0. The van der Waals surface area contributed by atoms with Crippen LogP contribution in [0, 0.1) is 0 Å². The molecule has 0 aromatic heterocycles. The third-order valence-electron chi connectivity index (χ3n) is 3.42. The predicted molar refractivity (Wildman–Crippen MR) is 91.8 cm³/mol. The van der Waals surface area contributed by atoms with Gasteiger partial charge in [0.2, 0.25) is 0 Å². The first-order chi connectivity index (χ1) is 12.6. The van der Waals surface area contributed by atoms with Gasteiger partial charge < -0.3 is 23.7 Å². The Morgan fingerprint density at radius 1 is 0.852 bits per heavy atom. The van der Waals surface area contributed by atoms with Gasteiger partial charge in [-0.25, -0.2) is 4.99 Å². The lowest BCUT2D eigenvalue weighted by Gasteiger charge is -2.44. The maximum Gasteiger partial charge on any atom is 0.303 e. The molecule has 0 unspecified atom stereocenters. The molecule has 5 atom stereocenters. The number of ether oxygens (including phenoxy) is 5. The van der Waals surface area contributed by atoms with Crippen molar-refractivity contribution in [3.05, 3.63) is 0 Å². The Hall–Kier alpha value is -2.36. The van der Waals surface area contributed by atoms with Crippen LogP contribution in [-0.4, -0.2) is 72.7 Å². The molecule has 0 amide bonds. The van der Waals surface area contributed by atoms with E-state index in [9.17, 15) is 19.2 Å². The minimum atomic E-state index is -1.20. The molecule has 1 saturated heterocycles. The minimum Gasteiger partial charge on any atom is -0.463 e. The number of hydrogen-bond donors (Lipinski definition) is 0. The Morgan fingerprint density at radius 3 is 1.78 bits per heavy atom. The Bertz CT molecular complexity index is 631. The van der Waals surface area contributed by atoms with Crippen molar-refractivity contribution in [2.24, 2.45) is 4.99 Å². The van der Waals surface area contributed by atoms with Crippen LogP contribution in [0.15, 0.2) is 4.99 Å². The predicted octanol–water partition coefficient (Wildman–Crippen LogP) is 0.215. The third kappa shape index (κ3) is 7.41. The second kappa shape index (κ2) is 10.7. The van der Waals surface area contributed by atoms with Crippen LogP contribution < -0.4 is 0 Å². The number of nitrogens with zero attached hydrogens (tertiary/aromatic N) is 1. The molecule has 0 spiro atoms. The van der Waals surface area contributed by atoms with Crippen molar-refractivity contribution in [1.29, 1.82) is 0 Å². The zero-order valence-electron chi connectivity index (χ0n) is 15.3. The summed E-state index contributed by atoms with van der Waals surface area (Å²) in [6.07, 6.45) is -5.39. The number of thiocarbonyl (C=S) groups is 1. The monoisotopic (exact) mass is 403 g/mol. The largest absolute Gasteiger partial charge is 0.463 e. The van der Waals surface area contributed by atoms with E-state index in [0.717, 1.165) is 20.8 Å². The van der Waals surface area contributed by atoms with Crippen molar-refractivity contribution in [1.82, 2.24) is 0 Å². The molecule has 0 bridgehead atoms. The van der Waals surface area contributed by atoms with Gasteiger partial charge in [-0.3, -0.25) is 19.2 Å². The van der Waals surface area contributed by atoms with E-state index in [1.54, 1.807) is 0 Å². The number of rotatable bonds is 7. The van der Waals surface area contributed by atoms with Crippen molar-refractivity contribution in [3.8, 4) is 0 Å². The van der Waals surface area contributed by atoms with Gasteiger partial charge in [-0.2, -0.15) is 0 Å². The molecule has 0 aromatic carbocycles. The van der Waals surface area contributed by atoms with Crippen LogP contribution in [0.5, 0.6) is 0 Å². The van der Waals surface area contributed by atoms with E-state index in [2.05, 4.69) is 22.4 Å². The summed E-state index contributed by atoms with van der Waals surface area (Å²) in [4.78, 5) is 49.6. The van der Waals surface area contributed by atoms with E-state index in [1.807, 2.05) is 0 Å². The SMILES string of the molecule is CC(=O)OC[C@H]1O[C@H](CN=C=S)[C@H](OC(C)=O)[C@@H](OC(C)=O)[C@@H]1OC(C)=O. The normalized spacial score (nSPS) is 26.9. The van der Waals surface area contributed by atoms with E-state index in [1.165, 1.54) is 6.92 Å². The second-order valence-corrected chi connectivity index (χ2v) is 5.85. The van der Waals surface area contributed by atoms with Gasteiger partial charge in [-0.1, -0.05) is 0 Å². The molecule has 0 aromatic rings. The molecule has 27 heavy (non-hydrogen) atoms. The highest BCUT2D eigenvalue weighted by atomic mass is 32.1. The highest BCUT2D eigenvalue weighted by Crippen LogP contribution is 2.29. The van der Waals surface area contributed by atoms with Crippen molar-refractivity contribution in [2.45, 2.75) is 58.2 Å². The number of carbonyl (C=O) groups excluding carboxylic acids is 4. The zero-order chi connectivity index (χ0) is 20.6. The smallest absolute Gasteiger partial charge is 0.303 e. The summed E-state index contributed by atoms with van der Waals surface area (Å²) in [5, 5.41) is 2.16. The molecular weight excluding hydrogens is 382 g/mol. The van der Waals surface area contributed by atoms with Crippen LogP contribution in [0.4, 0.5) is 0 Å². The molecule has 0 saturated carbocycles. The number of isothiocyanates is 1. The van der Waals surface area contributed by atoms with E-state index < -0.39 is 54.4 Å². The summed E-state index contributed by atoms with van der Waals surface area (Å²) in [5.74, 6) is -2.64. The topological polar surface area (TPSA) is 127 Å². The first-order valence-corrected chi connectivity index (χ1v) is 8.40. The average molecular weight is 403 g/mol. The third-order valence-corrected chi connectivity index (χ3v) is 3.55. The van der Waals surface area contributed by atoms with Gasteiger partial charge in [0.05, 0.1) is 11.7 Å². The fourth-order valence-corrected chi connectivity index (χ4v) is 2.67. The molecule has 1 heterocycles. The fourth-order valence-electron chi connectivity index (χ4n) is 2.59. The second-order valence-electron chi connectivity index (χ2n) is 5.67. The Labute approximate surface area is 161 Å². The zero-order valence-corrected chi connectivity index (χ0v) is 16.1. The van der Waals surface area contributed by atoms with Crippen LogP contribution in [-0.2, 0) is 42.9 Å². The lowest BCUT2D eigenvalue weighted by molar-refractivity contribution is -0.250. The minimum absolute atomic E-state index is 0.0669. The van der Waals surface area contributed by atoms with E-state index in [4.69, 9.17) is 23.7 Å². The molecule has 0 radical (unpaired) electrons. The highest BCUT2D eigenvalue weighted by molar-refractivity contribution is 7.78.